The minimum atomic E-state index is -3.39. The molecule has 0 bridgehead atoms. The van der Waals surface area contributed by atoms with Crippen molar-refractivity contribution >= 4 is 15.9 Å². The standard InChI is InChI=1S/C7H14N2O4S/c10-3-4-14(12,13)8-5-6-1-2-7(11)9-6/h6,8,10H,1-5H2,(H,9,11). The molecule has 1 aliphatic heterocycles. The van der Waals surface area contributed by atoms with Crippen LogP contribution in [0.5, 0.6) is 0 Å². The van der Waals surface area contributed by atoms with Crippen LogP contribution >= 0.6 is 0 Å². The number of aliphatic hydroxyl groups excluding tert-OH is 1. The van der Waals surface area contributed by atoms with Crippen molar-refractivity contribution in [2.45, 2.75) is 18.9 Å². The Morgan fingerprint density at radius 1 is 1.57 bits per heavy atom. The van der Waals surface area contributed by atoms with Gasteiger partial charge in [0.15, 0.2) is 0 Å². The van der Waals surface area contributed by atoms with Gasteiger partial charge in [0, 0.05) is 19.0 Å². The van der Waals surface area contributed by atoms with E-state index in [1.807, 2.05) is 0 Å². The molecule has 1 heterocycles. The number of carbonyl (C=O) groups excluding carboxylic acids is 1. The first-order chi connectivity index (χ1) is 6.53. The van der Waals surface area contributed by atoms with Gasteiger partial charge in [-0.15, -0.1) is 0 Å². The number of rotatable bonds is 5. The molecule has 0 aromatic carbocycles. The first kappa shape index (κ1) is 11.4. The van der Waals surface area contributed by atoms with E-state index in [1.165, 1.54) is 0 Å². The van der Waals surface area contributed by atoms with Gasteiger partial charge in [-0.3, -0.25) is 4.79 Å². The molecule has 3 N–H and O–H groups in total. The summed E-state index contributed by atoms with van der Waals surface area (Å²) in [4.78, 5) is 10.8. The Bertz CT molecular complexity index is 301. The van der Waals surface area contributed by atoms with Crippen molar-refractivity contribution in [2.24, 2.45) is 0 Å². The Morgan fingerprint density at radius 3 is 2.79 bits per heavy atom. The molecule has 1 rings (SSSR count). The molecule has 0 aromatic rings. The average molecular weight is 222 g/mol. The van der Waals surface area contributed by atoms with Gasteiger partial charge in [-0.05, 0) is 6.42 Å². The summed E-state index contributed by atoms with van der Waals surface area (Å²) in [5, 5.41) is 11.1. The van der Waals surface area contributed by atoms with Gasteiger partial charge in [-0.25, -0.2) is 13.1 Å². The summed E-state index contributed by atoms with van der Waals surface area (Å²) in [6.45, 7) is -0.194. The smallest absolute Gasteiger partial charge is 0.220 e. The molecule has 7 heteroatoms. The first-order valence-corrected chi connectivity index (χ1v) is 6.06. The number of amides is 1. The molecular formula is C7H14N2O4S. The molecule has 6 nitrogen and oxygen atoms in total. The summed E-state index contributed by atoms with van der Waals surface area (Å²) in [6.07, 6.45) is 1.10. The van der Waals surface area contributed by atoms with Crippen LogP contribution in [0.15, 0.2) is 0 Å². The highest BCUT2D eigenvalue weighted by molar-refractivity contribution is 7.89. The highest BCUT2D eigenvalue weighted by Crippen LogP contribution is 2.05. The Hall–Kier alpha value is -0.660. The maximum absolute atomic E-state index is 11.1. The molecule has 82 valence electrons. The van der Waals surface area contributed by atoms with Gasteiger partial charge in [0.25, 0.3) is 0 Å². The number of nitrogens with one attached hydrogen (secondary N) is 2. The molecule has 0 radical (unpaired) electrons. The van der Waals surface area contributed by atoms with Crippen molar-refractivity contribution in [3.8, 4) is 0 Å². The Morgan fingerprint density at radius 2 is 2.29 bits per heavy atom. The van der Waals surface area contributed by atoms with E-state index in [2.05, 4.69) is 10.0 Å². The van der Waals surface area contributed by atoms with Crippen LogP contribution < -0.4 is 10.0 Å². The molecule has 0 saturated carbocycles. The van der Waals surface area contributed by atoms with Gasteiger partial charge in [0.2, 0.25) is 15.9 Å². The Labute approximate surface area is 82.7 Å². The maximum atomic E-state index is 11.1. The van der Waals surface area contributed by atoms with Crippen molar-refractivity contribution in [3.63, 3.8) is 0 Å². The lowest BCUT2D eigenvalue weighted by molar-refractivity contribution is -0.119. The fraction of sp³-hybridized carbons (Fsp3) is 0.857. The summed E-state index contributed by atoms with van der Waals surface area (Å²) in [5.74, 6) is -0.343. The molecule has 0 aliphatic carbocycles. The molecule has 1 saturated heterocycles. The second kappa shape index (κ2) is 4.72. The second-order valence-electron chi connectivity index (χ2n) is 3.19. The van der Waals surface area contributed by atoms with E-state index in [9.17, 15) is 13.2 Å². The summed E-state index contributed by atoms with van der Waals surface area (Å²) >= 11 is 0. The minimum Gasteiger partial charge on any atom is -0.395 e. The minimum absolute atomic E-state index is 0.0450. The predicted octanol–water partition coefficient (Wildman–Crippen LogP) is -1.82. The number of sulfonamides is 1. The SMILES string of the molecule is O=C1CCC(CNS(=O)(=O)CCO)N1. The van der Waals surface area contributed by atoms with Crippen molar-refractivity contribution in [2.75, 3.05) is 18.9 Å². The molecule has 1 fully saturated rings. The third-order valence-corrected chi connectivity index (χ3v) is 3.32. The van der Waals surface area contributed by atoms with Gasteiger partial charge in [0.05, 0.1) is 12.4 Å². The van der Waals surface area contributed by atoms with E-state index < -0.39 is 16.6 Å². The van der Waals surface area contributed by atoms with Crippen molar-refractivity contribution in [1.82, 2.24) is 10.0 Å². The molecule has 14 heavy (non-hydrogen) atoms. The number of carbonyl (C=O) groups is 1. The summed E-state index contributed by atoms with van der Waals surface area (Å²) < 4.78 is 24.5. The molecule has 1 unspecified atom stereocenters. The average Bonchev–Trinajstić information content (AvgIpc) is 2.48. The molecule has 0 spiro atoms. The lowest BCUT2D eigenvalue weighted by Gasteiger charge is -2.10. The lowest BCUT2D eigenvalue weighted by Crippen LogP contribution is -2.39. The van der Waals surface area contributed by atoms with E-state index in [-0.39, 0.29) is 24.2 Å². The molecule has 0 aromatic heterocycles. The Balaban J connectivity index is 2.30. The van der Waals surface area contributed by atoms with Gasteiger partial charge in [0.1, 0.15) is 0 Å². The normalized spacial score (nSPS) is 22.4. The summed E-state index contributed by atoms with van der Waals surface area (Å²) in [6, 6.07) is -0.115. The van der Waals surface area contributed by atoms with Crippen molar-refractivity contribution in [1.29, 1.82) is 0 Å². The van der Waals surface area contributed by atoms with Crippen molar-refractivity contribution < 1.29 is 18.3 Å². The largest absolute Gasteiger partial charge is 0.395 e. The maximum Gasteiger partial charge on any atom is 0.220 e. The van der Waals surface area contributed by atoms with E-state index in [4.69, 9.17) is 5.11 Å². The van der Waals surface area contributed by atoms with Gasteiger partial charge < -0.3 is 10.4 Å². The zero-order chi connectivity index (χ0) is 10.6. The first-order valence-electron chi connectivity index (χ1n) is 4.41. The predicted molar refractivity (Wildman–Crippen MR) is 50.0 cm³/mol. The van der Waals surface area contributed by atoms with E-state index >= 15 is 0 Å². The van der Waals surface area contributed by atoms with Gasteiger partial charge in [-0.1, -0.05) is 0 Å². The van der Waals surface area contributed by atoms with Crippen LogP contribution in [-0.4, -0.2) is 44.4 Å². The molecule has 1 amide bonds. The van der Waals surface area contributed by atoms with E-state index in [0.29, 0.717) is 12.8 Å². The van der Waals surface area contributed by atoms with Crippen LogP contribution in [0.1, 0.15) is 12.8 Å². The van der Waals surface area contributed by atoms with Crippen LogP contribution in [0.2, 0.25) is 0 Å². The van der Waals surface area contributed by atoms with Crippen LogP contribution in [0.3, 0.4) is 0 Å². The summed E-state index contributed by atoms with van der Waals surface area (Å²) in [5.41, 5.74) is 0. The zero-order valence-corrected chi connectivity index (χ0v) is 8.51. The molecular weight excluding hydrogens is 208 g/mol. The third kappa shape index (κ3) is 3.60. The summed E-state index contributed by atoms with van der Waals surface area (Å²) in [7, 11) is -3.39. The molecule has 1 aliphatic rings. The van der Waals surface area contributed by atoms with Gasteiger partial charge in [-0.2, -0.15) is 0 Å². The van der Waals surface area contributed by atoms with E-state index in [0.717, 1.165) is 0 Å². The number of aliphatic hydroxyl groups is 1. The van der Waals surface area contributed by atoms with Crippen LogP contribution in [0.4, 0.5) is 0 Å². The fourth-order valence-electron chi connectivity index (χ4n) is 1.25. The van der Waals surface area contributed by atoms with E-state index in [1.54, 1.807) is 0 Å². The van der Waals surface area contributed by atoms with Crippen molar-refractivity contribution in [3.05, 3.63) is 0 Å². The number of hydrogen-bond acceptors (Lipinski definition) is 4. The quantitative estimate of drug-likeness (QED) is 0.510. The molecule has 1 atom stereocenters. The van der Waals surface area contributed by atoms with Crippen LogP contribution in [0.25, 0.3) is 0 Å². The highest BCUT2D eigenvalue weighted by atomic mass is 32.2. The monoisotopic (exact) mass is 222 g/mol. The number of hydrogen-bond donors (Lipinski definition) is 3. The van der Waals surface area contributed by atoms with Gasteiger partial charge >= 0.3 is 0 Å². The lowest BCUT2D eigenvalue weighted by atomic mass is 10.2. The topological polar surface area (TPSA) is 95.5 Å². The fourth-order valence-corrected chi connectivity index (χ4v) is 2.09. The zero-order valence-electron chi connectivity index (χ0n) is 7.69. The Kier molecular flexibility index (Phi) is 3.85. The second-order valence-corrected chi connectivity index (χ2v) is 5.12. The van der Waals surface area contributed by atoms with Crippen LogP contribution in [0, 0.1) is 0 Å². The van der Waals surface area contributed by atoms with Crippen LogP contribution in [-0.2, 0) is 14.8 Å². The highest BCUT2D eigenvalue weighted by Gasteiger charge is 2.22. The third-order valence-electron chi connectivity index (χ3n) is 1.99.